The number of rotatable bonds is 9. The zero-order valence-electron chi connectivity index (χ0n) is 10.1. The van der Waals surface area contributed by atoms with Crippen molar-refractivity contribution in [3.63, 3.8) is 0 Å². The van der Waals surface area contributed by atoms with Crippen LogP contribution in [0.25, 0.3) is 0 Å². The first kappa shape index (κ1) is 22.3. The van der Waals surface area contributed by atoms with Gasteiger partial charge >= 0.3 is 0 Å². The molecule has 0 heterocycles. The quantitative estimate of drug-likeness (QED) is 0.619. The summed E-state index contributed by atoms with van der Waals surface area (Å²) in [7, 11) is 0. The molecule has 0 bridgehead atoms. The molecule has 0 amide bonds. The molecule has 0 aromatic carbocycles. The summed E-state index contributed by atoms with van der Waals surface area (Å²) in [5.74, 6) is 0. The summed E-state index contributed by atoms with van der Waals surface area (Å²) in [5, 5.41) is 8.54. The number of hydrogen-bond donors (Lipinski definition) is 1. The Labute approximate surface area is 122 Å². The number of halogens is 2. The van der Waals surface area contributed by atoms with Gasteiger partial charge in [0.15, 0.2) is 0 Å². The average Bonchev–Trinajstić information content (AvgIpc) is 2.23. The molecular weight excluding hydrogens is 286 g/mol. The second-order valence-electron chi connectivity index (χ2n) is 3.61. The molecule has 2 nitrogen and oxygen atoms in total. The molecule has 0 aliphatic rings. The normalized spacial score (nSPS) is 9.00. The smallest absolute Gasteiger partial charge is 0.0832 e. The van der Waals surface area contributed by atoms with Crippen LogP contribution in [-0.2, 0) is 22.4 Å². The number of aliphatic hydroxyl groups excluding tert-OH is 1. The zero-order valence-corrected chi connectivity index (χ0v) is 13.0. The Morgan fingerprint density at radius 3 is 1.44 bits per heavy atom. The summed E-state index contributed by atoms with van der Waals surface area (Å²) >= 11 is 8.53. The summed E-state index contributed by atoms with van der Waals surface area (Å²) in [6.07, 6.45) is 11.8. The predicted molar refractivity (Wildman–Crippen MR) is 67.1 cm³/mol. The Bertz CT molecular complexity index is 88.1. The van der Waals surface area contributed by atoms with Crippen LogP contribution in [0, 0.1) is 0 Å². The number of hydrogen-bond acceptors (Lipinski definition) is 2. The van der Waals surface area contributed by atoms with Gasteiger partial charge in [0, 0.05) is 25.2 Å². The van der Waals surface area contributed by atoms with Gasteiger partial charge in [0.05, 0.1) is 23.7 Å². The van der Waals surface area contributed by atoms with Gasteiger partial charge < -0.3 is 5.11 Å². The topological polar surface area (TPSA) is 29.5 Å². The van der Waals surface area contributed by atoms with E-state index in [-0.39, 0.29) is 18.6 Å². The first-order chi connectivity index (χ1) is 7.33. The standard InChI is InChI=1S/C11H24O.Cl2O.V/c1-2-3-4-5-6-7-8-9-10-11-12;1-3-2;/h12H,2-11H2,1H3;;. The molecule has 0 aliphatic heterocycles. The van der Waals surface area contributed by atoms with Crippen molar-refractivity contribution in [1.82, 2.24) is 0 Å². The van der Waals surface area contributed by atoms with Crippen LogP contribution in [0.2, 0.25) is 0 Å². The minimum atomic E-state index is 0. The van der Waals surface area contributed by atoms with Crippen LogP contribution in [0.4, 0.5) is 0 Å². The maximum absolute atomic E-state index is 8.54. The molecule has 0 aliphatic carbocycles. The average molecular weight is 310 g/mol. The van der Waals surface area contributed by atoms with E-state index in [4.69, 9.17) is 5.11 Å². The van der Waals surface area contributed by atoms with Crippen LogP contribution in [0.1, 0.15) is 64.7 Å². The van der Waals surface area contributed by atoms with Crippen molar-refractivity contribution in [1.29, 1.82) is 0 Å². The molecule has 0 rings (SSSR count). The molecule has 0 spiro atoms. The minimum Gasteiger partial charge on any atom is -0.396 e. The minimum absolute atomic E-state index is 0. The third-order valence-corrected chi connectivity index (χ3v) is 2.26. The predicted octanol–water partition coefficient (Wildman–Crippen LogP) is 4.82. The van der Waals surface area contributed by atoms with Crippen molar-refractivity contribution in [3.8, 4) is 0 Å². The van der Waals surface area contributed by atoms with E-state index in [1.807, 2.05) is 0 Å². The fourth-order valence-corrected chi connectivity index (χ4v) is 1.42. The van der Waals surface area contributed by atoms with E-state index in [0.29, 0.717) is 6.61 Å². The number of aliphatic hydroxyl groups is 1. The molecule has 0 atom stereocenters. The largest absolute Gasteiger partial charge is 0.396 e. The van der Waals surface area contributed by atoms with Crippen LogP contribution >= 0.6 is 23.7 Å². The molecule has 99 valence electrons. The maximum atomic E-state index is 8.54. The van der Waals surface area contributed by atoms with E-state index >= 15 is 0 Å². The molecule has 0 fully saturated rings. The number of unbranched alkanes of at least 4 members (excludes halogenated alkanes) is 8. The molecule has 0 unspecified atom stereocenters. The van der Waals surface area contributed by atoms with E-state index in [9.17, 15) is 0 Å². The maximum Gasteiger partial charge on any atom is 0.0832 e. The fraction of sp³-hybridized carbons (Fsp3) is 1.00. The van der Waals surface area contributed by atoms with Crippen LogP contribution in [0.5, 0.6) is 0 Å². The van der Waals surface area contributed by atoms with Crippen LogP contribution in [0.15, 0.2) is 0 Å². The second-order valence-corrected chi connectivity index (χ2v) is 4.08. The molecule has 1 radical (unpaired) electrons. The zero-order chi connectivity index (χ0) is 11.8. The third-order valence-electron chi connectivity index (χ3n) is 2.26. The summed E-state index contributed by atoms with van der Waals surface area (Å²) in [5.41, 5.74) is 0. The Kier molecular flexibility index (Phi) is 34.9. The SMILES string of the molecule is CCCCCCCCCCCO.ClOCl.[V]. The van der Waals surface area contributed by atoms with Gasteiger partial charge in [-0.25, -0.2) is 0 Å². The van der Waals surface area contributed by atoms with Crippen LogP contribution in [0.3, 0.4) is 0 Å². The Hall–Kier alpha value is 1.08. The van der Waals surface area contributed by atoms with Gasteiger partial charge in [0.1, 0.15) is 0 Å². The summed E-state index contributed by atoms with van der Waals surface area (Å²) in [4.78, 5) is 0. The van der Waals surface area contributed by atoms with Gasteiger partial charge in [-0.3, -0.25) is 0 Å². The second kappa shape index (κ2) is 25.1. The van der Waals surface area contributed by atoms with E-state index in [1.54, 1.807) is 0 Å². The van der Waals surface area contributed by atoms with Crippen LogP contribution in [-0.4, -0.2) is 11.7 Å². The molecule has 0 saturated carbocycles. The van der Waals surface area contributed by atoms with E-state index < -0.39 is 0 Å². The van der Waals surface area contributed by atoms with Crippen molar-refractivity contribution >= 4 is 23.7 Å². The molecule has 16 heavy (non-hydrogen) atoms. The monoisotopic (exact) mass is 309 g/mol. The van der Waals surface area contributed by atoms with Crippen LogP contribution < -0.4 is 0 Å². The molecule has 5 heteroatoms. The molecule has 0 saturated heterocycles. The van der Waals surface area contributed by atoms with E-state index in [2.05, 4.69) is 34.5 Å². The van der Waals surface area contributed by atoms with E-state index in [1.165, 1.54) is 51.4 Å². The van der Waals surface area contributed by atoms with Gasteiger partial charge in [-0.05, 0) is 6.42 Å². The van der Waals surface area contributed by atoms with Crippen molar-refractivity contribution in [3.05, 3.63) is 0 Å². The van der Waals surface area contributed by atoms with Crippen molar-refractivity contribution < 1.29 is 27.5 Å². The Morgan fingerprint density at radius 2 is 1.12 bits per heavy atom. The van der Waals surface area contributed by atoms with Gasteiger partial charge in [0.2, 0.25) is 0 Å². The van der Waals surface area contributed by atoms with Gasteiger partial charge in [-0.1, -0.05) is 58.3 Å². The molecule has 1 N–H and O–H groups in total. The van der Waals surface area contributed by atoms with Crippen molar-refractivity contribution in [2.24, 2.45) is 0 Å². The molecular formula is C11H24Cl2O2V. The van der Waals surface area contributed by atoms with Gasteiger partial charge in [0.25, 0.3) is 0 Å². The summed E-state index contributed by atoms with van der Waals surface area (Å²) < 4.78 is 3.19. The third kappa shape index (κ3) is 29.4. The van der Waals surface area contributed by atoms with Crippen molar-refractivity contribution in [2.75, 3.05) is 6.61 Å². The Balaban J connectivity index is -0.000000377. The fourth-order valence-electron chi connectivity index (χ4n) is 1.42. The molecule has 0 aromatic heterocycles. The Morgan fingerprint density at radius 1 is 0.812 bits per heavy atom. The van der Waals surface area contributed by atoms with Gasteiger partial charge in [-0.15, -0.1) is 0 Å². The molecule has 0 aromatic rings. The van der Waals surface area contributed by atoms with Gasteiger partial charge in [-0.2, -0.15) is 3.84 Å². The first-order valence-corrected chi connectivity index (χ1v) is 6.45. The summed E-state index contributed by atoms with van der Waals surface area (Å²) in [6.45, 7) is 2.62. The summed E-state index contributed by atoms with van der Waals surface area (Å²) in [6, 6.07) is 0. The van der Waals surface area contributed by atoms with E-state index in [0.717, 1.165) is 6.42 Å². The van der Waals surface area contributed by atoms with Crippen molar-refractivity contribution in [2.45, 2.75) is 64.7 Å². The first-order valence-electron chi connectivity index (χ1n) is 5.83.